The molecule has 1 heterocycles. The van der Waals surface area contributed by atoms with Crippen molar-refractivity contribution in [1.29, 1.82) is 0 Å². The van der Waals surface area contributed by atoms with Gasteiger partial charge in [-0.3, -0.25) is 4.79 Å². The molecule has 1 fully saturated rings. The number of anilines is 1. The maximum Gasteiger partial charge on any atom is 0.222 e. The summed E-state index contributed by atoms with van der Waals surface area (Å²) in [7, 11) is 0. The highest BCUT2D eigenvalue weighted by Crippen LogP contribution is 2.33. The number of aryl methyl sites for hydroxylation is 1. The Hall–Kier alpha value is -0.550. The van der Waals surface area contributed by atoms with E-state index in [1.807, 2.05) is 0 Å². The Morgan fingerprint density at radius 1 is 1.33 bits per heavy atom. The number of carbonyl (C=O) groups is 1. The van der Waals surface area contributed by atoms with Crippen LogP contribution in [0.3, 0.4) is 0 Å². The zero-order chi connectivity index (χ0) is 13.1. The SMILES string of the molecule is Cc1cc(Br)c(NC2CCCNC(=O)C2)c(Br)c1. The van der Waals surface area contributed by atoms with E-state index in [1.54, 1.807) is 0 Å². The average molecular weight is 376 g/mol. The largest absolute Gasteiger partial charge is 0.380 e. The summed E-state index contributed by atoms with van der Waals surface area (Å²) in [6.45, 7) is 2.84. The number of nitrogens with one attached hydrogen (secondary N) is 2. The number of halogens is 2. The predicted octanol–water partition coefficient (Wildman–Crippen LogP) is 3.60. The summed E-state index contributed by atoms with van der Waals surface area (Å²) >= 11 is 7.13. The molecular formula is C13H16Br2N2O. The Balaban J connectivity index is 2.15. The number of benzene rings is 1. The highest BCUT2D eigenvalue weighted by molar-refractivity contribution is 9.11. The molecule has 0 spiro atoms. The Morgan fingerprint density at radius 2 is 2.00 bits per heavy atom. The third kappa shape index (κ3) is 3.48. The molecule has 1 amide bonds. The number of hydrogen-bond donors (Lipinski definition) is 2. The quantitative estimate of drug-likeness (QED) is 0.829. The fourth-order valence-corrected chi connectivity index (χ4v) is 3.78. The van der Waals surface area contributed by atoms with Crippen LogP contribution in [0.2, 0.25) is 0 Å². The van der Waals surface area contributed by atoms with E-state index in [0.29, 0.717) is 6.42 Å². The first-order valence-corrected chi connectivity index (χ1v) is 7.64. The molecule has 1 aliphatic rings. The van der Waals surface area contributed by atoms with Gasteiger partial charge in [0.25, 0.3) is 0 Å². The molecular weight excluding hydrogens is 360 g/mol. The van der Waals surface area contributed by atoms with Crippen LogP contribution in [0.4, 0.5) is 5.69 Å². The topological polar surface area (TPSA) is 41.1 Å². The van der Waals surface area contributed by atoms with Crippen molar-refractivity contribution in [2.45, 2.75) is 32.2 Å². The van der Waals surface area contributed by atoms with Gasteiger partial charge < -0.3 is 10.6 Å². The van der Waals surface area contributed by atoms with E-state index in [-0.39, 0.29) is 11.9 Å². The second-order valence-electron chi connectivity index (χ2n) is 4.64. The van der Waals surface area contributed by atoms with Crippen LogP contribution in [0, 0.1) is 6.92 Å². The van der Waals surface area contributed by atoms with Crippen molar-refractivity contribution in [2.24, 2.45) is 0 Å². The summed E-state index contributed by atoms with van der Waals surface area (Å²) in [5.74, 6) is 0.129. The molecule has 0 saturated carbocycles. The van der Waals surface area contributed by atoms with Gasteiger partial charge in [0, 0.05) is 28.0 Å². The molecule has 1 atom stereocenters. The van der Waals surface area contributed by atoms with Gasteiger partial charge in [-0.25, -0.2) is 0 Å². The molecule has 3 nitrogen and oxygen atoms in total. The van der Waals surface area contributed by atoms with Crippen LogP contribution in [0.25, 0.3) is 0 Å². The molecule has 0 bridgehead atoms. The molecule has 0 aromatic heterocycles. The zero-order valence-corrected chi connectivity index (χ0v) is 13.4. The third-order valence-electron chi connectivity index (χ3n) is 3.02. The summed E-state index contributed by atoms with van der Waals surface area (Å²) in [5, 5.41) is 6.36. The summed E-state index contributed by atoms with van der Waals surface area (Å²) in [6, 6.07) is 4.34. The van der Waals surface area contributed by atoms with E-state index >= 15 is 0 Å². The first-order chi connectivity index (χ1) is 8.56. The number of carbonyl (C=O) groups excluding carboxylic acids is 1. The van der Waals surface area contributed by atoms with Gasteiger partial charge in [-0.05, 0) is 69.3 Å². The van der Waals surface area contributed by atoms with Gasteiger partial charge in [-0.1, -0.05) is 0 Å². The van der Waals surface area contributed by atoms with Crippen LogP contribution in [-0.4, -0.2) is 18.5 Å². The van der Waals surface area contributed by atoms with E-state index in [1.165, 1.54) is 5.56 Å². The van der Waals surface area contributed by atoms with E-state index in [2.05, 4.69) is 61.5 Å². The number of amides is 1. The van der Waals surface area contributed by atoms with Crippen molar-refractivity contribution in [1.82, 2.24) is 5.32 Å². The van der Waals surface area contributed by atoms with E-state index < -0.39 is 0 Å². The summed E-state index contributed by atoms with van der Waals surface area (Å²) in [4.78, 5) is 11.5. The zero-order valence-electron chi connectivity index (χ0n) is 10.2. The average Bonchev–Trinajstić information content (AvgIpc) is 2.48. The Kier molecular flexibility index (Phi) is 4.67. The fourth-order valence-electron chi connectivity index (χ4n) is 2.14. The van der Waals surface area contributed by atoms with Crippen LogP contribution in [0.1, 0.15) is 24.8 Å². The van der Waals surface area contributed by atoms with Crippen LogP contribution < -0.4 is 10.6 Å². The normalized spacial score (nSPS) is 20.2. The van der Waals surface area contributed by atoms with Gasteiger partial charge in [-0.15, -0.1) is 0 Å². The predicted molar refractivity (Wildman–Crippen MR) is 80.9 cm³/mol. The molecule has 18 heavy (non-hydrogen) atoms. The highest BCUT2D eigenvalue weighted by Gasteiger charge is 2.19. The van der Waals surface area contributed by atoms with Crippen LogP contribution in [0.5, 0.6) is 0 Å². The van der Waals surface area contributed by atoms with Gasteiger partial charge >= 0.3 is 0 Å². The minimum atomic E-state index is 0.129. The number of rotatable bonds is 2. The first kappa shape index (κ1) is 13.9. The Labute approximate surface area is 124 Å². The molecule has 98 valence electrons. The molecule has 1 saturated heterocycles. The van der Waals surface area contributed by atoms with Gasteiger partial charge in [0.2, 0.25) is 5.91 Å². The summed E-state index contributed by atoms with van der Waals surface area (Å²) in [6.07, 6.45) is 2.56. The van der Waals surface area contributed by atoms with Crippen molar-refractivity contribution in [3.63, 3.8) is 0 Å². The van der Waals surface area contributed by atoms with Crippen LogP contribution >= 0.6 is 31.9 Å². The van der Waals surface area contributed by atoms with Crippen molar-refractivity contribution < 1.29 is 4.79 Å². The number of hydrogen-bond acceptors (Lipinski definition) is 2. The lowest BCUT2D eigenvalue weighted by Crippen LogP contribution is -2.27. The summed E-state index contributed by atoms with van der Waals surface area (Å²) in [5.41, 5.74) is 2.22. The molecule has 0 aliphatic carbocycles. The molecule has 2 N–H and O–H groups in total. The molecule has 1 aromatic rings. The standard InChI is InChI=1S/C13H16Br2N2O/c1-8-5-10(14)13(11(15)6-8)17-9-3-2-4-16-12(18)7-9/h5-6,9,17H,2-4,7H2,1H3,(H,16,18). The lowest BCUT2D eigenvalue weighted by molar-refractivity contribution is -0.120. The molecule has 1 aromatic carbocycles. The van der Waals surface area contributed by atoms with Crippen molar-refractivity contribution in [2.75, 3.05) is 11.9 Å². The lowest BCUT2D eigenvalue weighted by atomic mass is 10.1. The molecule has 1 unspecified atom stereocenters. The lowest BCUT2D eigenvalue weighted by Gasteiger charge is -2.19. The molecule has 0 radical (unpaired) electrons. The van der Waals surface area contributed by atoms with Crippen molar-refractivity contribution >= 4 is 43.5 Å². The highest BCUT2D eigenvalue weighted by atomic mass is 79.9. The Bertz CT molecular complexity index is 439. The molecule has 1 aliphatic heterocycles. The van der Waals surface area contributed by atoms with Gasteiger partial charge in [0.1, 0.15) is 0 Å². The van der Waals surface area contributed by atoms with E-state index in [0.717, 1.165) is 34.0 Å². The second-order valence-corrected chi connectivity index (χ2v) is 6.35. The fraction of sp³-hybridized carbons (Fsp3) is 0.462. The first-order valence-electron chi connectivity index (χ1n) is 6.05. The van der Waals surface area contributed by atoms with E-state index in [4.69, 9.17) is 0 Å². The Morgan fingerprint density at radius 3 is 2.67 bits per heavy atom. The smallest absolute Gasteiger partial charge is 0.222 e. The summed E-state index contributed by atoms with van der Waals surface area (Å²) < 4.78 is 2.05. The monoisotopic (exact) mass is 374 g/mol. The van der Waals surface area contributed by atoms with Crippen molar-refractivity contribution in [3.05, 3.63) is 26.6 Å². The van der Waals surface area contributed by atoms with Crippen LogP contribution in [-0.2, 0) is 4.79 Å². The van der Waals surface area contributed by atoms with Crippen molar-refractivity contribution in [3.8, 4) is 0 Å². The molecule has 5 heteroatoms. The second kappa shape index (κ2) is 6.06. The minimum Gasteiger partial charge on any atom is -0.380 e. The maximum absolute atomic E-state index is 11.5. The minimum absolute atomic E-state index is 0.129. The van der Waals surface area contributed by atoms with E-state index in [9.17, 15) is 4.79 Å². The van der Waals surface area contributed by atoms with Gasteiger partial charge in [0.15, 0.2) is 0 Å². The molecule has 2 rings (SSSR count). The van der Waals surface area contributed by atoms with Gasteiger partial charge in [-0.2, -0.15) is 0 Å². The third-order valence-corrected chi connectivity index (χ3v) is 4.27. The van der Waals surface area contributed by atoms with Crippen LogP contribution in [0.15, 0.2) is 21.1 Å². The maximum atomic E-state index is 11.5. The van der Waals surface area contributed by atoms with Gasteiger partial charge in [0.05, 0.1) is 5.69 Å².